The van der Waals surface area contributed by atoms with Crippen molar-refractivity contribution in [2.45, 2.75) is 67.2 Å². The van der Waals surface area contributed by atoms with Crippen LogP contribution in [0.1, 0.15) is 62.2 Å². The Morgan fingerprint density at radius 2 is 1.76 bits per heavy atom. The first kappa shape index (κ1) is 27.0. The van der Waals surface area contributed by atoms with Crippen LogP contribution < -0.4 is 12.4 Å². The van der Waals surface area contributed by atoms with E-state index in [1.165, 1.54) is 24.2 Å². The van der Waals surface area contributed by atoms with Crippen LogP contribution in [-0.2, 0) is 12.1 Å². The number of halogens is 2. The van der Waals surface area contributed by atoms with Gasteiger partial charge in [-0.25, -0.2) is 0 Å². The van der Waals surface area contributed by atoms with Gasteiger partial charge in [0, 0.05) is 22.8 Å². The maximum atomic E-state index is 12.2. The molecule has 1 aliphatic carbocycles. The van der Waals surface area contributed by atoms with E-state index in [0.717, 1.165) is 72.8 Å². The average molecular weight is 561 g/mol. The normalized spacial score (nSPS) is 27.4. The molecule has 4 aliphatic rings. The van der Waals surface area contributed by atoms with Crippen LogP contribution in [0.3, 0.4) is 0 Å². The number of benzene rings is 2. The maximum Gasteiger partial charge on any atom is 0.282 e. The number of aromatic nitrogens is 2. The minimum absolute atomic E-state index is 0. The lowest BCUT2D eigenvalue weighted by Crippen LogP contribution is -3.00. The van der Waals surface area contributed by atoms with Crippen LogP contribution in [0.15, 0.2) is 64.0 Å². The third-order valence-corrected chi connectivity index (χ3v) is 10.4. The smallest absolute Gasteiger partial charge is 0.282 e. The third-order valence-electron chi connectivity index (χ3n) is 8.81. The van der Waals surface area contributed by atoms with Gasteiger partial charge in [0.15, 0.2) is 12.1 Å². The van der Waals surface area contributed by atoms with Crippen molar-refractivity contribution in [2.24, 2.45) is 11.8 Å². The molecule has 2 aromatic carbocycles. The number of piperidine rings is 3. The van der Waals surface area contributed by atoms with Crippen LogP contribution >= 0.6 is 23.4 Å². The molecule has 3 aliphatic heterocycles. The Balaban J connectivity index is 0.00000280. The summed E-state index contributed by atoms with van der Waals surface area (Å²) in [4.78, 5) is 6.14. The van der Waals surface area contributed by atoms with Crippen molar-refractivity contribution in [3.8, 4) is 0 Å². The zero-order valence-corrected chi connectivity index (χ0v) is 23.4. The summed E-state index contributed by atoms with van der Waals surface area (Å²) in [5.74, 6) is 1.95. The molecule has 0 radical (unpaired) electrons. The number of hydrogen-bond donors (Lipinski definition) is 1. The van der Waals surface area contributed by atoms with Crippen molar-refractivity contribution < 1.29 is 26.5 Å². The zero-order chi connectivity index (χ0) is 24.6. The number of thioether (sulfide) groups is 1. The van der Waals surface area contributed by atoms with Gasteiger partial charge in [-0.3, -0.25) is 0 Å². The van der Waals surface area contributed by atoms with E-state index < -0.39 is 5.60 Å². The number of aliphatic hydroxyl groups is 1. The number of rotatable bonds is 7. The van der Waals surface area contributed by atoms with Crippen molar-refractivity contribution in [2.75, 3.05) is 19.6 Å². The van der Waals surface area contributed by atoms with Gasteiger partial charge in [-0.2, -0.15) is 4.98 Å². The lowest BCUT2D eigenvalue weighted by molar-refractivity contribution is -0.955. The van der Waals surface area contributed by atoms with Crippen LogP contribution in [0.4, 0.5) is 0 Å². The molecule has 3 saturated heterocycles. The Bertz CT molecular complexity index is 1180. The summed E-state index contributed by atoms with van der Waals surface area (Å²) in [5.41, 5.74) is -0.336. The van der Waals surface area contributed by atoms with Crippen LogP contribution in [0.5, 0.6) is 0 Å². The molecule has 0 spiro atoms. The Labute approximate surface area is 235 Å². The summed E-state index contributed by atoms with van der Waals surface area (Å²) in [6.45, 7) is 4.15. The number of hydrogen-bond acceptors (Lipinski definition) is 5. The van der Waals surface area contributed by atoms with Crippen molar-refractivity contribution >= 4 is 23.4 Å². The zero-order valence-electron chi connectivity index (χ0n) is 21.1. The maximum absolute atomic E-state index is 12.2. The van der Waals surface area contributed by atoms with E-state index in [2.05, 4.69) is 17.3 Å². The fourth-order valence-corrected chi connectivity index (χ4v) is 8.62. The summed E-state index contributed by atoms with van der Waals surface area (Å²) in [5, 5.41) is 17.9. The lowest BCUT2D eigenvalue weighted by atomic mass is 9.73. The molecule has 2 atom stereocenters. The summed E-state index contributed by atoms with van der Waals surface area (Å²) < 4.78 is 6.87. The summed E-state index contributed by atoms with van der Waals surface area (Å²) in [6, 6.07) is 18.2. The van der Waals surface area contributed by atoms with Gasteiger partial charge in [0.1, 0.15) is 0 Å². The van der Waals surface area contributed by atoms with E-state index >= 15 is 0 Å². The molecule has 1 N–H and O–H groups in total. The minimum Gasteiger partial charge on any atom is -1.00 e. The highest BCUT2D eigenvalue weighted by atomic mass is 35.5. The van der Waals surface area contributed by atoms with Crippen molar-refractivity contribution in [1.82, 2.24) is 10.1 Å². The third kappa shape index (κ3) is 5.46. The van der Waals surface area contributed by atoms with Crippen LogP contribution in [-0.4, -0.2) is 44.6 Å². The fourth-order valence-electron chi connectivity index (χ4n) is 6.81. The highest BCUT2D eigenvalue weighted by Gasteiger charge is 2.48. The lowest BCUT2D eigenvalue weighted by Gasteiger charge is -2.51. The number of quaternary nitrogens is 1. The van der Waals surface area contributed by atoms with Gasteiger partial charge < -0.3 is 26.5 Å². The number of nitrogens with zero attached hydrogens (tertiary/aromatic N) is 3. The highest BCUT2D eigenvalue weighted by molar-refractivity contribution is 8.00. The standard InChI is InChI=1S/C29H35ClN3O2S.ClH/c30-24-12-7-13-25(18-24)36-26-19-33(16-14-21(26)15-17-33)20-27-31-28(32-35-27)29(34,22-8-3-1-4-9-22)23-10-5-2-6-11-23;/h1,3-4,7-9,12-13,18,21,23,26,34H,2,5-6,10-11,14-17,19-20H2;1H/q+1;/p-1/t21?,26-,29-,33?;/m0./s1. The molecule has 0 amide bonds. The van der Waals surface area contributed by atoms with Crippen LogP contribution in [0.2, 0.25) is 5.02 Å². The van der Waals surface area contributed by atoms with Crippen molar-refractivity contribution in [1.29, 1.82) is 0 Å². The second-order valence-corrected chi connectivity index (χ2v) is 12.8. The first-order valence-electron chi connectivity index (χ1n) is 13.4. The molecule has 198 valence electrons. The molecule has 1 saturated carbocycles. The molecular weight excluding hydrogens is 525 g/mol. The van der Waals surface area contributed by atoms with E-state index in [0.29, 0.717) is 17.0 Å². The Kier molecular flexibility index (Phi) is 8.23. The first-order chi connectivity index (χ1) is 17.5. The Morgan fingerprint density at radius 1 is 1.00 bits per heavy atom. The quantitative estimate of drug-likeness (QED) is 0.449. The molecule has 4 heterocycles. The summed E-state index contributed by atoms with van der Waals surface area (Å²) in [6.07, 6.45) is 7.94. The molecule has 1 aromatic heterocycles. The molecule has 37 heavy (non-hydrogen) atoms. The highest BCUT2D eigenvalue weighted by Crippen LogP contribution is 2.45. The van der Waals surface area contributed by atoms with Gasteiger partial charge in [-0.1, -0.05) is 72.4 Å². The van der Waals surface area contributed by atoms with Crippen LogP contribution in [0.25, 0.3) is 0 Å². The van der Waals surface area contributed by atoms with Gasteiger partial charge in [0.2, 0.25) is 5.82 Å². The van der Waals surface area contributed by atoms with Gasteiger partial charge in [0.05, 0.1) is 24.9 Å². The van der Waals surface area contributed by atoms with Crippen molar-refractivity contribution in [3.63, 3.8) is 0 Å². The molecule has 7 rings (SSSR count). The topological polar surface area (TPSA) is 59.2 Å². The summed E-state index contributed by atoms with van der Waals surface area (Å²) in [7, 11) is 0. The monoisotopic (exact) mass is 559 g/mol. The Hall–Kier alpha value is -1.57. The van der Waals surface area contributed by atoms with Crippen molar-refractivity contribution in [3.05, 3.63) is 76.9 Å². The van der Waals surface area contributed by atoms with Gasteiger partial charge >= 0.3 is 0 Å². The predicted octanol–water partition coefficient (Wildman–Crippen LogP) is 3.44. The molecule has 3 aromatic rings. The van der Waals surface area contributed by atoms with Crippen LogP contribution in [0, 0.1) is 11.8 Å². The van der Waals surface area contributed by atoms with E-state index in [9.17, 15) is 5.11 Å². The largest absolute Gasteiger partial charge is 1.00 e. The van der Waals surface area contributed by atoms with E-state index in [-0.39, 0.29) is 18.3 Å². The first-order valence-corrected chi connectivity index (χ1v) is 14.7. The van der Waals surface area contributed by atoms with E-state index in [4.69, 9.17) is 21.1 Å². The Morgan fingerprint density at radius 3 is 2.49 bits per heavy atom. The molecule has 5 nitrogen and oxygen atoms in total. The fraction of sp³-hybridized carbons (Fsp3) is 0.517. The SMILES string of the molecule is O[C@](c1ccccc1)(c1noc(C[N+]23CCC(CC2)[C@@H](Sc2cccc(Cl)c2)C3)n1)C1CCCCC1.[Cl-]. The molecule has 0 unspecified atom stereocenters. The molecule has 4 fully saturated rings. The predicted molar refractivity (Wildman–Crippen MR) is 143 cm³/mol. The van der Waals surface area contributed by atoms with E-state index in [1.54, 1.807) is 0 Å². The van der Waals surface area contributed by atoms with Gasteiger partial charge in [0.25, 0.3) is 5.89 Å². The minimum atomic E-state index is -1.21. The summed E-state index contributed by atoms with van der Waals surface area (Å²) >= 11 is 8.22. The second-order valence-electron chi connectivity index (χ2n) is 11.1. The van der Waals surface area contributed by atoms with E-state index in [1.807, 2.05) is 54.2 Å². The average Bonchev–Trinajstić information content (AvgIpc) is 3.38. The molecule has 8 heteroatoms. The van der Waals surface area contributed by atoms with Gasteiger partial charge in [-0.05, 0) is 48.4 Å². The molecular formula is C29H35Cl2N3O2S. The molecule has 2 bridgehead atoms. The van der Waals surface area contributed by atoms with Gasteiger partial charge in [-0.15, -0.1) is 11.8 Å². The number of fused-ring (bicyclic) bond motifs is 3. The second kappa shape index (κ2) is 11.3.